The maximum Gasteiger partial charge on any atom is 0.0737 e. The Balaban J connectivity index is 1.40. The standard InChI is InChI=1S/C20H26ClN3/c21-16-6-7-17-18(9-11-23-19(17)14-16)22-10-8-15-4-3-13-24-12-2-1-5-20(15)24/h6-7,9,11,14-15,20H,1-5,8,10,12-13H2,(H,22,23). The third-order valence-corrected chi connectivity index (χ3v) is 6.00. The minimum Gasteiger partial charge on any atom is -0.384 e. The van der Waals surface area contributed by atoms with Crippen molar-refractivity contribution in [3.63, 3.8) is 0 Å². The molecular weight excluding hydrogens is 318 g/mol. The fourth-order valence-electron chi connectivity index (χ4n) is 4.58. The van der Waals surface area contributed by atoms with E-state index in [0.29, 0.717) is 0 Å². The molecule has 4 rings (SSSR count). The molecule has 0 spiro atoms. The van der Waals surface area contributed by atoms with Crippen LogP contribution in [0.5, 0.6) is 0 Å². The number of hydrogen-bond donors (Lipinski definition) is 1. The second-order valence-electron chi connectivity index (χ2n) is 7.24. The van der Waals surface area contributed by atoms with E-state index in [2.05, 4.69) is 27.3 Å². The van der Waals surface area contributed by atoms with Gasteiger partial charge in [0.1, 0.15) is 0 Å². The number of hydrogen-bond acceptors (Lipinski definition) is 3. The summed E-state index contributed by atoms with van der Waals surface area (Å²) in [6.45, 7) is 3.69. The maximum absolute atomic E-state index is 6.08. The third-order valence-electron chi connectivity index (χ3n) is 5.76. The lowest BCUT2D eigenvalue weighted by Gasteiger charge is -2.44. The van der Waals surface area contributed by atoms with Crippen LogP contribution in [0.25, 0.3) is 10.9 Å². The van der Waals surface area contributed by atoms with Crippen molar-refractivity contribution in [2.45, 2.75) is 44.6 Å². The molecule has 0 amide bonds. The van der Waals surface area contributed by atoms with Crippen LogP contribution in [0.3, 0.4) is 0 Å². The van der Waals surface area contributed by atoms with Crippen LogP contribution in [0.1, 0.15) is 38.5 Å². The summed E-state index contributed by atoms with van der Waals surface area (Å²) < 4.78 is 0. The first-order valence-corrected chi connectivity index (χ1v) is 9.71. The second kappa shape index (κ2) is 7.28. The van der Waals surface area contributed by atoms with Gasteiger partial charge in [-0.2, -0.15) is 0 Å². The van der Waals surface area contributed by atoms with Crippen LogP contribution in [-0.4, -0.2) is 35.6 Å². The monoisotopic (exact) mass is 343 g/mol. The van der Waals surface area contributed by atoms with E-state index in [1.807, 2.05) is 18.3 Å². The first-order valence-electron chi connectivity index (χ1n) is 9.33. The van der Waals surface area contributed by atoms with Gasteiger partial charge in [-0.05, 0) is 75.4 Å². The van der Waals surface area contributed by atoms with Gasteiger partial charge >= 0.3 is 0 Å². The molecular formula is C20H26ClN3. The van der Waals surface area contributed by atoms with Crippen molar-refractivity contribution in [1.29, 1.82) is 0 Å². The van der Waals surface area contributed by atoms with Crippen molar-refractivity contribution >= 4 is 28.2 Å². The van der Waals surface area contributed by atoms with E-state index in [0.717, 1.165) is 34.4 Å². The highest BCUT2D eigenvalue weighted by Gasteiger charge is 2.32. The molecule has 2 aliphatic heterocycles. The van der Waals surface area contributed by atoms with Crippen LogP contribution < -0.4 is 5.32 Å². The molecule has 0 radical (unpaired) electrons. The molecule has 128 valence electrons. The molecule has 4 heteroatoms. The zero-order chi connectivity index (χ0) is 16.4. The number of fused-ring (bicyclic) bond motifs is 2. The molecule has 2 saturated heterocycles. The van der Waals surface area contributed by atoms with E-state index in [9.17, 15) is 0 Å². The fraction of sp³-hybridized carbons (Fsp3) is 0.550. The zero-order valence-electron chi connectivity index (χ0n) is 14.2. The Morgan fingerprint density at radius 1 is 1.12 bits per heavy atom. The van der Waals surface area contributed by atoms with E-state index in [-0.39, 0.29) is 0 Å². The fourth-order valence-corrected chi connectivity index (χ4v) is 4.75. The summed E-state index contributed by atoms with van der Waals surface area (Å²) in [4.78, 5) is 7.17. The molecule has 2 atom stereocenters. The van der Waals surface area contributed by atoms with Gasteiger partial charge in [0.15, 0.2) is 0 Å². The van der Waals surface area contributed by atoms with Crippen LogP contribution in [0, 0.1) is 5.92 Å². The Morgan fingerprint density at radius 3 is 3.00 bits per heavy atom. The quantitative estimate of drug-likeness (QED) is 0.850. The number of nitrogens with one attached hydrogen (secondary N) is 1. The molecule has 0 saturated carbocycles. The third kappa shape index (κ3) is 3.38. The molecule has 1 aromatic carbocycles. The largest absolute Gasteiger partial charge is 0.384 e. The van der Waals surface area contributed by atoms with Crippen molar-refractivity contribution in [3.05, 3.63) is 35.5 Å². The topological polar surface area (TPSA) is 28.2 Å². The molecule has 0 bridgehead atoms. The van der Waals surface area contributed by atoms with Gasteiger partial charge in [-0.1, -0.05) is 18.0 Å². The number of anilines is 1. The number of benzene rings is 1. The van der Waals surface area contributed by atoms with Crippen molar-refractivity contribution in [2.75, 3.05) is 25.0 Å². The minimum absolute atomic E-state index is 0.742. The minimum atomic E-state index is 0.742. The summed E-state index contributed by atoms with van der Waals surface area (Å²) in [7, 11) is 0. The molecule has 2 aliphatic rings. The van der Waals surface area contributed by atoms with Crippen molar-refractivity contribution < 1.29 is 0 Å². The number of pyridine rings is 1. The molecule has 0 aliphatic carbocycles. The Kier molecular flexibility index (Phi) is 4.91. The van der Waals surface area contributed by atoms with E-state index in [4.69, 9.17) is 11.6 Å². The molecule has 3 nitrogen and oxygen atoms in total. The second-order valence-corrected chi connectivity index (χ2v) is 7.67. The first kappa shape index (κ1) is 16.2. The van der Waals surface area contributed by atoms with Crippen molar-refractivity contribution in [1.82, 2.24) is 9.88 Å². The Morgan fingerprint density at radius 2 is 2.04 bits per heavy atom. The summed E-state index contributed by atoms with van der Waals surface area (Å²) in [6, 6.07) is 8.85. The lowest BCUT2D eigenvalue weighted by Crippen LogP contribution is -2.48. The van der Waals surface area contributed by atoms with Crippen LogP contribution in [-0.2, 0) is 0 Å². The highest BCUT2D eigenvalue weighted by Crippen LogP contribution is 2.33. The number of halogens is 1. The summed E-state index contributed by atoms with van der Waals surface area (Å²) >= 11 is 6.08. The van der Waals surface area contributed by atoms with E-state index in [1.54, 1.807) is 0 Å². The molecule has 1 aromatic heterocycles. The van der Waals surface area contributed by atoms with Crippen molar-refractivity contribution in [2.24, 2.45) is 5.92 Å². The van der Waals surface area contributed by atoms with Gasteiger partial charge in [0.25, 0.3) is 0 Å². The normalized spacial score (nSPS) is 24.7. The number of nitrogens with zero attached hydrogens (tertiary/aromatic N) is 2. The number of rotatable bonds is 4. The maximum atomic E-state index is 6.08. The molecule has 2 fully saturated rings. The van der Waals surface area contributed by atoms with Crippen LogP contribution in [0.2, 0.25) is 5.02 Å². The molecule has 2 aromatic rings. The van der Waals surface area contributed by atoms with Gasteiger partial charge in [0.05, 0.1) is 5.52 Å². The van der Waals surface area contributed by atoms with Gasteiger partial charge in [-0.25, -0.2) is 0 Å². The lowest BCUT2D eigenvalue weighted by atomic mass is 9.81. The van der Waals surface area contributed by atoms with Gasteiger partial charge in [-0.3, -0.25) is 4.98 Å². The molecule has 1 N–H and O–H groups in total. The SMILES string of the molecule is Clc1ccc2c(NCCC3CCCN4CCCCC34)ccnc2c1. The Hall–Kier alpha value is -1.32. The van der Waals surface area contributed by atoms with Gasteiger partial charge in [0.2, 0.25) is 0 Å². The van der Waals surface area contributed by atoms with Crippen molar-refractivity contribution in [3.8, 4) is 0 Å². The Labute approximate surface area is 149 Å². The summed E-state index contributed by atoms with van der Waals surface area (Å²) in [5.74, 6) is 0.856. The van der Waals surface area contributed by atoms with E-state index < -0.39 is 0 Å². The molecule has 2 unspecified atom stereocenters. The summed E-state index contributed by atoms with van der Waals surface area (Å²) in [6.07, 6.45) is 10.1. The molecule has 24 heavy (non-hydrogen) atoms. The van der Waals surface area contributed by atoms with Crippen LogP contribution >= 0.6 is 11.6 Å². The number of piperidine rings is 2. The van der Waals surface area contributed by atoms with Crippen LogP contribution in [0.15, 0.2) is 30.5 Å². The summed E-state index contributed by atoms with van der Waals surface area (Å²) in [5.41, 5.74) is 2.14. The van der Waals surface area contributed by atoms with E-state index >= 15 is 0 Å². The molecule has 3 heterocycles. The average Bonchev–Trinajstić information content (AvgIpc) is 2.62. The summed E-state index contributed by atoms with van der Waals surface area (Å²) in [5, 5.41) is 5.55. The lowest BCUT2D eigenvalue weighted by molar-refractivity contribution is 0.0573. The van der Waals surface area contributed by atoms with E-state index in [1.165, 1.54) is 57.3 Å². The highest BCUT2D eigenvalue weighted by molar-refractivity contribution is 6.31. The highest BCUT2D eigenvalue weighted by atomic mass is 35.5. The zero-order valence-corrected chi connectivity index (χ0v) is 14.9. The smallest absolute Gasteiger partial charge is 0.0737 e. The van der Waals surface area contributed by atoms with Gasteiger partial charge in [-0.15, -0.1) is 0 Å². The average molecular weight is 344 g/mol. The van der Waals surface area contributed by atoms with Gasteiger partial charge < -0.3 is 10.2 Å². The Bertz CT molecular complexity index is 700. The van der Waals surface area contributed by atoms with Crippen LogP contribution in [0.4, 0.5) is 5.69 Å². The first-order chi connectivity index (χ1) is 11.8. The predicted molar refractivity (Wildman–Crippen MR) is 102 cm³/mol. The number of aromatic nitrogens is 1. The van der Waals surface area contributed by atoms with Gasteiger partial charge in [0, 0.05) is 34.9 Å². The predicted octanol–water partition coefficient (Wildman–Crippen LogP) is 4.95.